The molecule has 1 aromatic heterocycles. The molecule has 0 radical (unpaired) electrons. The Morgan fingerprint density at radius 2 is 2.17 bits per heavy atom. The summed E-state index contributed by atoms with van der Waals surface area (Å²) in [6, 6.07) is 7.12. The van der Waals surface area contributed by atoms with Crippen LogP contribution in [0.4, 0.5) is 0 Å². The Labute approximate surface area is 175 Å². The van der Waals surface area contributed by atoms with E-state index in [0.29, 0.717) is 29.2 Å². The lowest BCUT2D eigenvalue weighted by atomic mass is 9.97. The van der Waals surface area contributed by atoms with Crippen molar-refractivity contribution >= 4 is 28.6 Å². The number of nitrogens with zero attached hydrogens (tertiary/aromatic N) is 2. The average Bonchev–Trinajstić information content (AvgIpc) is 2.73. The Bertz CT molecular complexity index is 939. The highest BCUT2D eigenvalue weighted by Crippen LogP contribution is 2.22. The largest absolute Gasteiger partial charge is 0.383 e. The number of benzene rings is 1. The van der Waals surface area contributed by atoms with E-state index < -0.39 is 0 Å². The first-order valence-electron chi connectivity index (χ1n) is 10.2. The van der Waals surface area contributed by atoms with Crippen LogP contribution in [-0.2, 0) is 9.53 Å². The molecule has 1 aromatic carbocycles. The number of ether oxygens (including phenoxy) is 1. The maximum atomic E-state index is 13.0. The van der Waals surface area contributed by atoms with Gasteiger partial charge >= 0.3 is 0 Å². The van der Waals surface area contributed by atoms with Crippen LogP contribution in [0.1, 0.15) is 45.1 Å². The predicted molar refractivity (Wildman–Crippen MR) is 117 cm³/mol. The molecule has 0 saturated heterocycles. The van der Waals surface area contributed by atoms with Gasteiger partial charge in [0.2, 0.25) is 5.91 Å². The van der Waals surface area contributed by atoms with Crippen LogP contribution >= 0.6 is 11.8 Å². The molecule has 1 aliphatic carbocycles. The molecule has 29 heavy (non-hydrogen) atoms. The van der Waals surface area contributed by atoms with Gasteiger partial charge in [-0.3, -0.25) is 14.2 Å². The highest BCUT2D eigenvalue weighted by molar-refractivity contribution is 7.99. The summed E-state index contributed by atoms with van der Waals surface area (Å²) in [6.45, 7) is 2.97. The summed E-state index contributed by atoms with van der Waals surface area (Å²) in [5, 5.41) is 4.10. The van der Waals surface area contributed by atoms with E-state index in [-0.39, 0.29) is 23.3 Å². The van der Waals surface area contributed by atoms with Crippen molar-refractivity contribution in [1.29, 1.82) is 0 Å². The maximum absolute atomic E-state index is 13.0. The fourth-order valence-corrected chi connectivity index (χ4v) is 4.53. The van der Waals surface area contributed by atoms with Crippen LogP contribution in [0.2, 0.25) is 0 Å². The number of para-hydroxylation sites is 1. The number of hydrogen-bond donors (Lipinski definition) is 1. The number of methoxy groups -OCH3 is 1. The summed E-state index contributed by atoms with van der Waals surface area (Å²) in [6.07, 6.45) is 8.05. The number of allylic oxidation sites excluding steroid dienone is 1. The number of hydrogen-bond acceptors (Lipinski definition) is 5. The van der Waals surface area contributed by atoms with Gasteiger partial charge in [-0.2, -0.15) is 0 Å². The number of nitrogens with one attached hydrogen (secondary N) is 1. The quantitative estimate of drug-likeness (QED) is 0.384. The molecule has 0 fully saturated rings. The van der Waals surface area contributed by atoms with Crippen molar-refractivity contribution < 1.29 is 9.53 Å². The Balaban J connectivity index is 1.68. The second-order valence-electron chi connectivity index (χ2n) is 7.39. The maximum Gasteiger partial charge on any atom is 0.262 e. The molecule has 0 bridgehead atoms. The zero-order chi connectivity index (χ0) is 20.6. The molecule has 6 nitrogen and oxygen atoms in total. The summed E-state index contributed by atoms with van der Waals surface area (Å²) < 4.78 is 6.87. The van der Waals surface area contributed by atoms with Crippen molar-refractivity contribution in [3.63, 3.8) is 0 Å². The van der Waals surface area contributed by atoms with Crippen molar-refractivity contribution in [3.8, 4) is 0 Å². The minimum Gasteiger partial charge on any atom is -0.383 e. The van der Waals surface area contributed by atoms with Gasteiger partial charge in [0, 0.05) is 13.7 Å². The monoisotopic (exact) mass is 415 g/mol. The van der Waals surface area contributed by atoms with E-state index >= 15 is 0 Å². The lowest BCUT2D eigenvalue weighted by Gasteiger charge is -2.19. The van der Waals surface area contributed by atoms with Gasteiger partial charge in [-0.05, 0) is 51.2 Å². The third-order valence-electron chi connectivity index (χ3n) is 5.11. The molecule has 0 unspecified atom stereocenters. The second kappa shape index (κ2) is 10.6. The van der Waals surface area contributed by atoms with Gasteiger partial charge in [-0.1, -0.05) is 35.5 Å². The third kappa shape index (κ3) is 5.70. The minimum atomic E-state index is -0.173. The summed E-state index contributed by atoms with van der Waals surface area (Å²) in [4.78, 5) is 30.0. The lowest BCUT2D eigenvalue weighted by Crippen LogP contribution is -2.30. The fourth-order valence-electron chi connectivity index (χ4n) is 3.61. The van der Waals surface area contributed by atoms with Gasteiger partial charge < -0.3 is 10.1 Å². The average molecular weight is 416 g/mol. The third-order valence-corrected chi connectivity index (χ3v) is 6.06. The number of carbonyl (C=O) groups is 1. The number of fused-ring (bicyclic) bond motifs is 1. The van der Waals surface area contributed by atoms with E-state index in [9.17, 15) is 9.59 Å². The van der Waals surface area contributed by atoms with Crippen LogP contribution < -0.4 is 10.9 Å². The Kier molecular flexibility index (Phi) is 7.89. The van der Waals surface area contributed by atoms with E-state index in [0.717, 1.165) is 19.3 Å². The van der Waals surface area contributed by atoms with Gasteiger partial charge in [0.15, 0.2) is 5.16 Å². The first kappa shape index (κ1) is 21.6. The molecule has 7 heteroatoms. The number of rotatable bonds is 9. The van der Waals surface area contributed by atoms with Crippen molar-refractivity contribution in [2.45, 2.75) is 50.2 Å². The Morgan fingerprint density at radius 3 is 2.93 bits per heavy atom. The topological polar surface area (TPSA) is 73.2 Å². The van der Waals surface area contributed by atoms with Crippen molar-refractivity contribution in [2.24, 2.45) is 0 Å². The first-order valence-corrected chi connectivity index (χ1v) is 11.2. The van der Waals surface area contributed by atoms with Crippen LogP contribution in [0.5, 0.6) is 0 Å². The molecular formula is C22H29N3O3S. The molecule has 3 rings (SSSR count). The lowest BCUT2D eigenvalue weighted by molar-refractivity contribution is -0.118. The first-order chi connectivity index (χ1) is 14.1. The van der Waals surface area contributed by atoms with Gasteiger partial charge in [0.25, 0.3) is 5.56 Å². The van der Waals surface area contributed by atoms with E-state index in [1.807, 2.05) is 25.1 Å². The minimum absolute atomic E-state index is 0.0419. The summed E-state index contributed by atoms with van der Waals surface area (Å²) in [5.74, 6) is 0.184. The number of amides is 1. The number of aromatic nitrogens is 2. The van der Waals surface area contributed by atoms with Crippen LogP contribution in [0.15, 0.2) is 45.9 Å². The van der Waals surface area contributed by atoms with Gasteiger partial charge in [-0.15, -0.1) is 0 Å². The molecule has 0 aliphatic heterocycles. The van der Waals surface area contributed by atoms with E-state index in [4.69, 9.17) is 4.74 Å². The molecule has 0 spiro atoms. The molecule has 1 N–H and O–H groups in total. The van der Waals surface area contributed by atoms with Gasteiger partial charge in [0.1, 0.15) is 0 Å². The van der Waals surface area contributed by atoms with Crippen LogP contribution in [-0.4, -0.2) is 41.5 Å². The zero-order valence-corrected chi connectivity index (χ0v) is 18.0. The van der Waals surface area contributed by atoms with Crippen LogP contribution in [0.25, 0.3) is 10.9 Å². The molecule has 1 amide bonds. The number of carbonyl (C=O) groups excluding carboxylic acids is 1. The van der Waals surface area contributed by atoms with Crippen molar-refractivity contribution in [3.05, 3.63) is 46.3 Å². The Hall–Kier alpha value is -2.12. The molecular weight excluding hydrogens is 386 g/mol. The Morgan fingerprint density at radius 1 is 1.34 bits per heavy atom. The fraction of sp³-hybridized carbons (Fsp3) is 0.500. The highest BCUT2D eigenvalue weighted by Gasteiger charge is 2.17. The molecule has 2 aromatic rings. The van der Waals surface area contributed by atoms with Crippen LogP contribution in [0.3, 0.4) is 0 Å². The molecule has 1 aliphatic rings. The normalized spacial score (nSPS) is 15.2. The second-order valence-corrected chi connectivity index (χ2v) is 8.33. The van der Waals surface area contributed by atoms with Gasteiger partial charge in [-0.25, -0.2) is 4.98 Å². The highest BCUT2D eigenvalue weighted by atomic mass is 32.2. The van der Waals surface area contributed by atoms with E-state index in [2.05, 4.69) is 16.4 Å². The summed E-state index contributed by atoms with van der Waals surface area (Å²) in [5.41, 5.74) is 1.99. The molecule has 1 heterocycles. The van der Waals surface area contributed by atoms with Gasteiger partial charge in [0.05, 0.1) is 29.3 Å². The standard InChI is InChI=1S/C22H29N3O3S/c1-16(14-28-2)25-21(27)18-10-6-7-11-19(18)24-22(25)29-15-20(26)23-13-12-17-8-4-3-5-9-17/h6-8,10-11,16H,3-5,9,12-15H2,1-2H3,(H,23,26)/t16-/m0/s1. The number of thioether (sulfide) groups is 1. The molecule has 0 saturated carbocycles. The van der Waals surface area contributed by atoms with Crippen molar-refractivity contribution in [1.82, 2.24) is 14.9 Å². The smallest absolute Gasteiger partial charge is 0.262 e. The van der Waals surface area contributed by atoms with Crippen LogP contribution in [0, 0.1) is 0 Å². The van der Waals surface area contributed by atoms with Crippen molar-refractivity contribution in [2.75, 3.05) is 26.0 Å². The predicted octanol–water partition coefficient (Wildman–Crippen LogP) is 3.70. The summed E-state index contributed by atoms with van der Waals surface area (Å²) >= 11 is 1.29. The van der Waals surface area contributed by atoms with E-state index in [1.165, 1.54) is 30.2 Å². The molecule has 1 atom stereocenters. The van der Waals surface area contributed by atoms with E-state index in [1.54, 1.807) is 17.7 Å². The zero-order valence-electron chi connectivity index (χ0n) is 17.1. The SMILES string of the molecule is COC[C@H](C)n1c(SCC(=O)NCCC2=CCCCC2)nc2ccccc2c1=O. The molecule has 156 valence electrons. The summed E-state index contributed by atoms with van der Waals surface area (Å²) in [7, 11) is 1.61.